The van der Waals surface area contributed by atoms with Crippen LogP contribution in [0.3, 0.4) is 0 Å². The standard InChI is InChI=1S/C14H17FO3/c1-4-14(2,3)18-12-7-5-10(9-11(12)15)6-8-13(16)17/h5-9H,4H2,1-3H3,(H,16,17). The van der Waals surface area contributed by atoms with Crippen LogP contribution >= 0.6 is 0 Å². The predicted octanol–water partition coefficient (Wildman–Crippen LogP) is 3.49. The van der Waals surface area contributed by atoms with Crippen molar-refractivity contribution in [3.63, 3.8) is 0 Å². The van der Waals surface area contributed by atoms with Gasteiger partial charge in [0.25, 0.3) is 0 Å². The molecule has 0 spiro atoms. The van der Waals surface area contributed by atoms with Crippen molar-refractivity contribution >= 4 is 12.0 Å². The first-order chi connectivity index (χ1) is 8.34. The van der Waals surface area contributed by atoms with Crippen molar-refractivity contribution in [1.29, 1.82) is 0 Å². The molecule has 0 saturated heterocycles. The Kier molecular flexibility index (Phi) is 4.48. The summed E-state index contributed by atoms with van der Waals surface area (Å²) < 4.78 is 19.3. The third-order valence-corrected chi connectivity index (χ3v) is 2.61. The Labute approximate surface area is 106 Å². The Balaban J connectivity index is 2.89. The van der Waals surface area contributed by atoms with Crippen molar-refractivity contribution in [2.45, 2.75) is 32.8 Å². The lowest BCUT2D eigenvalue weighted by molar-refractivity contribution is -0.131. The molecule has 0 radical (unpaired) electrons. The van der Waals surface area contributed by atoms with Gasteiger partial charge < -0.3 is 9.84 Å². The summed E-state index contributed by atoms with van der Waals surface area (Å²) in [6.45, 7) is 5.72. The van der Waals surface area contributed by atoms with E-state index in [1.807, 2.05) is 20.8 Å². The van der Waals surface area contributed by atoms with Gasteiger partial charge in [-0.05, 0) is 44.0 Å². The number of aliphatic carboxylic acids is 1. The van der Waals surface area contributed by atoms with E-state index in [0.29, 0.717) is 5.56 Å². The van der Waals surface area contributed by atoms with Gasteiger partial charge in [0.15, 0.2) is 11.6 Å². The van der Waals surface area contributed by atoms with Gasteiger partial charge in [0.05, 0.1) is 0 Å². The molecule has 0 saturated carbocycles. The van der Waals surface area contributed by atoms with Crippen LogP contribution in [0.2, 0.25) is 0 Å². The van der Waals surface area contributed by atoms with Gasteiger partial charge in [-0.25, -0.2) is 9.18 Å². The first-order valence-electron chi connectivity index (χ1n) is 5.73. The maximum Gasteiger partial charge on any atom is 0.328 e. The molecule has 98 valence electrons. The van der Waals surface area contributed by atoms with Crippen LogP contribution in [0.1, 0.15) is 32.8 Å². The second-order valence-corrected chi connectivity index (χ2v) is 4.58. The average molecular weight is 252 g/mol. The summed E-state index contributed by atoms with van der Waals surface area (Å²) in [5, 5.41) is 8.48. The molecule has 1 rings (SSSR count). The lowest BCUT2D eigenvalue weighted by atomic mass is 10.1. The smallest absolute Gasteiger partial charge is 0.328 e. The number of halogens is 1. The van der Waals surface area contributed by atoms with Crippen LogP contribution in [0, 0.1) is 5.82 Å². The molecule has 0 bridgehead atoms. The second-order valence-electron chi connectivity index (χ2n) is 4.58. The van der Waals surface area contributed by atoms with Crippen LogP contribution in [0.25, 0.3) is 6.08 Å². The molecule has 1 aromatic rings. The van der Waals surface area contributed by atoms with Crippen LogP contribution in [0.4, 0.5) is 4.39 Å². The number of hydrogen-bond acceptors (Lipinski definition) is 2. The van der Waals surface area contributed by atoms with Crippen molar-refractivity contribution in [1.82, 2.24) is 0 Å². The molecule has 1 N–H and O–H groups in total. The first kappa shape index (κ1) is 14.2. The Hall–Kier alpha value is -1.84. The van der Waals surface area contributed by atoms with Gasteiger partial charge in [0.1, 0.15) is 5.60 Å². The zero-order valence-corrected chi connectivity index (χ0v) is 10.7. The third kappa shape index (κ3) is 4.20. The molecule has 1 aromatic carbocycles. The number of benzene rings is 1. The van der Waals surface area contributed by atoms with Gasteiger partial charge in [0.2, 0.25) is 0 Å². The summed E-state index contributed by atoms with van der Waals surface area (Å²) in [4.78, 5) is 10.3. The monoisotopic (exact) mass is 252 g/mol. The maximum absolute atomic E-state index is 13.7. The summed E-state index contributed by atoms with van der Waals surface area (Å²) in [5.41, 5.74) is 0.0516. The van der Waals surface area contributed by atoms with Gasteiger partial charge in [-0.2, -0.15) is 0 Å². The molecule has 18 heavy (non-hydrogen) atoms. The zero-order valence-electron chi connectivity index (χ0n) is 10.7. The summed E-state index contributed by atoms with van der Waals surface area (Å²) >= 11 is 0. The average Bonchev–Trinajstić information content (AvgIpc) is 2.29. The van der Waals surface area contributed by atoms with Crippen molar-refractivity contribution in [3.05, 3.63) is 35.7 Å². The van der Waals surface area contributed by atoms with Gasteiger partial charge >= 0.3 is 5.97 Å². The Morgan fingerprint density at radius 1 is 1.50 bits per heavy atom. The minimum absolute atomic E-state index is 0.175. The van der Waals surface area contributed by atoms with E-state index in [9.17, 15) is 9.18 Å². The third-order valence-electron chi connectivity index (χ3n) is 2.61. The highest BCUT2D eigenvalue weighted by atomic mass is 19.1. The highest BCUT2D eigenvalue weighted by Gasteiger charge is 2.18. The minimum Gasteiger partial charge on any atom is -0.485 e. The fraction of sp³-hybridized carbons (Fsp3) is 0.357. The second kappa shape index (κ2) is 5.67. The SMILES string of the molecule is CCC(C)(C)Oc1ccc(C=CC(=O)O)cc1F. The molecule has 0 amide bonds. The molecule has 0 atom stereocenters. The van der Waals surface area contributed by atoms with Crippen LogP contribution in [0.15, 0.2) is 24.3 Å². The predicted molar refractivity (Wildman–Crippen MR) is 68.1 cm³/mol. The van der Waals surface area contributed by atoms with Crippen LogP contribution < -0.4 is 4.74 Å². The van der Waals surface area contributed by atoms with Crippen molar-refractivity contribution in [2.75, 3.05) is 0 Å². The Bertz CT molecular complexity index is 464. The number of rotatable bonds is 5. The van der Waals surface area contributed by atoms with E-state index in [-0.39, 0.29) is 5.75 Å². The molecule has 0 fully saturated rings. The fourth-order valence-corrected chi connectivity index (χ4v) is 1.24. The summed E-state index contributed by atoms with van der Waals surface area (Å²) in [6, 6.07) is 4.37. The molecule has 0 aliphatic heterocycles. The van der Waals surface area contributed by atoms with E-state index < -0.39 is 17.4 Å². The number of carboxylic acids is 1. The number of carboxylic acid groups (broad SMARTS) is 1. The molecule has 0 aliphatic carbocycles. The number of carbonyl (C=O) groups is 1. The maximum atomic E-state index is 13.7. The number of hydrogen-bond donors (Lipinski definition) is 1. The lowest BCUT2D eigenvalue weighted by Crippen LogP contribution is -2.27. The van der Waals surface area contributed by atoms with Gasteiger partial charge in [0, 0.05) is 6.08 Å². The van der Waals surface area contributed by atoms with E-state index in [0.717, 1.165) is 12.5 Å². The van der Waals surface area contributed by atoms with Crippen LogP contribution in [-0.4, -0.2) is 16.7 Å². The number of ether oxygens (including phenoxy) is 1. The molecular weight excluding hydrogens is 235 g/mol. The van der Waals surface area contributed by atoms with Crippen LogP contribution in [-0.2, 0) is 4.79 Å². The van der Waals surface area contributed by atoms with Crippen LogP contribution in [0.5, 0.6) is 5.75 Å². The summed E-state index contributed by atoms with van der Waals surface area (Å²) in [6.07, 6.45) is 3.05. The summed E-state index contributed by atoms with van der Waals surface area (Å²) in [7, 11) is 0. The Morgan fingerprint density at radius 2 is 2.17 bits per heavy atom. The molecule has 0 aliphatic rings. The van der Waals surface area contributed by atoms with Crippen molar-refractivity contribution in [3.8, 4) is 5.75 Å². The van der Waals surface area contributed by atoms with Gasteiger partial charge in [-0.3, -0.25) is 0 Å². The largest absolute Gasteiger partial charge is 0.485 e. The molecule has 0 heterocycles. The highest BCUT2D eigenvalue weighted by molar-refractivity contribution is 5.85. The first-order valence-corrected chi connectivity index (χ1v) is 5.73. The molecule has 4 heteroatoms. The molecule has 0 unspecified atom stereocenters. The van der Waals surface area contributed by atoms with Gasteiger partial charge in [-0.15, -0.1) is 0 Å². The molecular formula is C14H17FO3. The quantitative estimate of drug-likeness (QED) is 0.816. The van der Waals surface area contributed by atoms with E-state index >= 15 is 0 Å². The minimum atomic E-state index is -1.07. The fourth-order valence-electron chi connectivity index (χ4n) is 1.24. The lowest BCUT2D eigenvalue weighted by Gasteiger charge is -2.25. The molecule has 3 nitrogen and oxygen atoms in total. The topological polar surface area (TPSA) is 46.5 Å². The van der Waals surface area contributed by atoms with E-state index in [2.05, 4.69) is 0 Å². The van der Waals surface area contributed by atoms with Crippen molar-refractivity contribution < 1.29 is 19.0 Å². The zero-order chi connectivity index (χ0) is 13.8. The normalized spacial score (nSPS) is 11.8. The van der Waals surface area contributed by atoms with Gasteiger partial charge in [-0.1, -0.05) is 13.0 Å². The molecule has 0 aromatic heterocycles. The van der Waals surface area contributed by atoms with E-state index in [1.54, 1.807) is 6.07 Å². The highest BCUT2D eigenvalue weighted by Crippen LogP contribution is 2.25. The van der Waals surface area contributed by atoms with Crippen molar-refractivity contribution in [2.24, 2.45) is 0 Å². The van der Waals surface area contributed by atoms with E-state index in [1.165, 1.54) is 18.2 Å². The summed E-state index contributed by atoms with van der Waals surface area (Å²) in [5.74, 6) is -1.39. The van der Waals surface area contributed by atoms with E-state index in [4.69, 9.17) is 9.84 Å². The Morgan fingerprint density at radius 3 is 2.67 bits per heavy atom.